The van der Waals surface area contributed by atoms with Gasteiger partial charge in [-0.1, -0.05) is 75.0 Å². The van der Waals surface area contributed by atoms with Crippen LogP contribution in [0.5, 0.6) is 0 Å². The predicted molar refractivity (Wildman–Crippen MR) is 109 cm³/mol. The average Bonchev–Trinajstić information content (AvgIpc) is 2.62. The third-order valence-electron chi connectivity index (χ3n) is 5.84. The second-order valence-electron chi connectivity index (χ2n) is 8.59. The summed E-state index contributed by atoms with van der Waals surface area (Å²) in [5.74, 6) is 0.613. The number of ether oxygens (including phenoxy) is 1. The molecule has 2 atom stereocenters. The monoisotopic (exact) mass is 357 g/mol. The first-order chi connectivity index (χ1) is 11.8. The third kappa shape index (κ3) is 3.89. The van der Waals surface area contributed by atoms with Gasteiger partial charge in [0.1, 0.15) is 0 Å². The van der Waals surface area contributed by atoms with E-state index in [4.69, 9.17) is 17.0 Å². The summed E-state index contributed by atoms with van der Waals surface area (Å²) >= 11 is 6.08. The standard InChI is InChI=1S/C22H31NOS/c1-17-5-7-18(8-6-17)20(25)22(23-13-15-24-16-14-23)11-9-19(10-12-22)21(2,3)4/h5-9,11,19H,10,12-16H2,1-4H3. The molecule has 1 heterocycles. The fourth-order valence-corrected chi connectivity index (χ4v) is 4.50. The highest BCUT2D eigenvalue weighted by molar-refractivity contribution is 7.81. The van der Waals surface area contributed by atoms with Gasteiger partial charge < -0.3 is 4.74 Å². The Morgan fingerprint density at radius 2 is 1.80 bits per heavy atom. The fourth-order valence-electron chi connectivity index (χ4n) is 4.07. The molecule has 0 bridgehead atoms. The Hall–Kier alpha value is -1.03. The van der Waals surface area contributed by atoms with Gasteiger partial charge in [-0.2, -0.15) is 0 Å². The number of allylic oxidation sites excluding steroid dienone is 1. The van der Waals surface area contributed by atoms with E-state index in [9.17, 15) is 0 Å². The number of rotatable bonds is 3. The van der Waals surface area contributed by atoms with Crippen molar-refractivity contribution in [2.24, 2.45) is 11.3 Å². The summed E-state index contributed by atoms with van der Waals surface area (Å²) in [4.78, 5) is 3.62. The van der Waals surface area contributed by atoms with Gasteiger partial charge in [0.15, 0.2) is 0 Å². The molecule has 2 aliphatic rings. The van der Waals surface area contributed by atoms with E-state index in [1.165, 1.54) is 17.5 Å². The van der Waals surface area contributed by atoms with Gasteiger partial charge in [-0.15, -0.1) is 0 Å². The molecule has 1 aromatic rings. The second-order valence-corrected chi connectivity index (χ2v) is 9.00. The maximum atomic E-state index is 6.08. The Kier molecular flexibility index (Phi) is 5.48. The summed E-state index contributed by atoms with van der Waals surface area (Å²) < 4.78 is 5.60. The van der Waals surface area contributed by atoms with E-state index in [1.54, 1.807) is 0 Å². The molecule has 0 aromatic heterocycles. The zero-order chi connectivity index (χ0) is 18.1. The highest BCUT2D eigenvalue weighted by Crippen LogP contribution is 2.41. The summed E-state index contributed by atoms with van der Waals surface area (Å²) in [6.45, 7) is 12.6. The van der Waals surface area contributed by atoms with E-state index in [1.807, 2.05) is 0 Å². The largest absolute Gasteiger partial charge is 0.379 e. The number of nitrogens with zero attached hydrogens (tertiary/aromatic N) is 1. The molecule has 0 amide bonds. The molecule has 0 saturated carbocycles. The molecule has 1 aliphatic heterocycles. The van der Waals surface area contributed by atoms with Crippen LogP contribution >= 0.6 is 12.2 Å². The number of hydrogen-bond acceptors (Lipinski definition) is 3. The quantitative estimate of drug-likeness (QED) is 0.438. The first kappa shape index (κ1) is 18.8. The van der Waals surface area contributed by atoms with Gasteiger partial charge in [-0.3, -0.25) is 4.90 Å². The molecule has 2 nitrogen and oxygen atoms in total. The summed E-state index contributed by atoms with van der Waals surface area (Å²) in [7, 11) is 0. The Morgan fingerprint density at radius 3 is 2.32 bits per heavy atom. The molecular weight excluding hydrogens is 326 g/mol. The number of hydrogen-bond donors (Lipinski definition) is 0. The topological polar surface area (TPSA) is 12.5 Å². The molecule has 1 aromatic carbocycles. The number of benzene rings is 1. The number of morpholine rings is 1. The minimum atomic E-state index is -0.143. The van der Waals surface area contributed by atoms with Crippen LogP contribution in [0.2, 0.25) is 0 Å². The second kappa shape index (κ2) is 7.30. The Balaban J connectivity index is 1.95. The summed E-state index contributed by atoms with van der Waals surface area (Å²) in [5.41, 5.74) is 2.62. The van der Waals surface area contributed by atoms with Crippen molar-refractivity contribution >= 4 is 17.1 Å². The van der Waals surface area contributed by atoms with Crippen molar-refractivity contribution in [3.63, 3.8) is 0 Å². The van der Waals surface area contributed by atoms with E-state index in [-0.39, 0.29) is 5.54 Å². The van der Waals surface area contributed by atoms with Crippen LogP contribution in [-0.4, -0.2) is 41.6 Å². The van der Waals surface area contributed by atoms with Crippen LogP contribution in [0.25, 0.3) is 0 Å². The molecule has 1 aliphatic carbocycles. The fraction of sp³-hybridized carbons (Fsp3) is 0.591. The van der Waals surface area contributed by atoms with Crippen LogP contribution in [0.15, 0.2) is 36.4 Å². The predicted octanol–water partition coefficient (Wildman–Crippen LogP) is 4.80. The number of thiocarbonyl (C=S) groups is 1. The van der Waals surface area contributed by atoms with Crippen molar-refractivity contribution in [2.75, 3.05) is 26.3 Å². The third-order valence-corrected chi connectivity index (χ3v) is 6.42. The molecule has 3 heteroatoms. The van der Waals surface area contributed by atoms with E-state index < -0.39 is 0 Å². The van der Waals surface area contributed by atoms with Gasteiger partial charge in [-0.05, 0) is 36.7 Å². The molecule has 25 heavy (non-hydrogen) atoms. The van der Waals surface area contributed by atoms with Crippen molar-refractivity contribution in [2.45, 2.75) is 46.1 Å². The van der Waals surface area contributed by atoms with Crippen molar-refractivity contribution in [3.8, 4) is 0 Å². The summed E-state index contributed by atoms with van der Waals surface area (Å²) in [5, 5.41) is 0. The lowest BCUT2D eigenvalue weighted by atomic mass is 9.69. The minimum Gasteiger partial charge on any atom is -0.379 e. The molecule has 1 saturated heterocycles. The lowest BCUT2D eigenvalue weighted by Crippen LogP contribution is -2.58. The van der Waals surface area contributed by atoms with E-state index >= 15 is 0 Å². The van der Waals surface area contributed by atoms with Crippen LogP contribution in [0.4, 0.5) is 0 Å². The van der Waals surface area contributed by atoms with Crippen LogP contribution in [0.3, 0.4) is 0 Å². The summed E-state index contributed by atoms with van der Waals surface area (Å²) in [6.07, 6.45) is 7.13. The van der Waals surface area contributed by atoms with Gasteiger partial charge in [0.05, 0.1) is 18.8 Å². The first-order valence-corrected chi connectivity index (χ1v) is 9.87. The van der Waals surface area contributed by atoms with Crippen LogP contribution in [0.1, 0.15) is 44.7 Å². The molecule has 3 rings (SSSR count). The number of aryl methyl sites for hydroxylation is 1. The maximum absolute atomic E-state index is 6.08. The van der Waals surface area contributed by atoms with Gasteiger partial charge >= 0.3 is 0 Å². The van der Waals surface area contributed by atoms with Crippen molar-refractivity contribution in [1.82, 2.24) is 4.90 Å². The zero-order valence-electron chi connectivity index (χ0n) is 16.0. The lowest BCUT2D eigenvalue weighted by Gasteiger charge is -2.48. The van der Waals surface area contributed by atoms with Crippen molar-refractivity contribution in [3.05, 3.63) is 47.5 Å². The molecular formula is C22H31NOS. The normalized spacial score (nSPS) is 28.1. The SMILES string of the molecule is Cc1ccc(C(=S)C2(N3CCOCC3)C=CC(C(C)(C)C)CC2)cc1. The van der Waals surface area contributed by atoms with E-state index in [2.05, 4.69) is 69.0 Å². The Labute approximate surface area is 158 Å². The minimum absolute atomic E-state index is 0.143. The van der Waals surface area contributed by atoms with Gasteiger partial charge in [0.25, 0.3) is 0 Å². The van der Waals surface area contributed by atoms with E-state index in [0.29, 0.717) is 11.3 Å². The average molecular weight is 358 g/mol. The maximum Gasteiger partial charge on any atom is 0.0755 e. The van der Waals surface area contributed by atoms with Crippen LogP contribution < -0.4 is 0 Å². The Morgan fingerprint density at radius 1 is 1.16 bits per heavy atom. The van der Waals surface area contributed by atoms with Crippen LogP contribution in [-0.2, 0) is 4.74 Å². The molecule has 136 valence electrons. The molecule has 0 radical (unpaired) electrons. The molecule has 0 spiro atoms. The first-order valence-electron chi connectivity index (χ1n) is 9.46. The van der Waals surface area contributed by atoms with Gasteiger partial charge in [0.2, 0.25) is 0 Å². The highest BCUT2D eigenvalue weighted by atomic mass is 32.1. The van der Waals surface area contributed by atoms with Gasteiger partial charge in [0, 0.05) is 18.0 Å². The van der Waals surface area contributed by atoms with Gasteiger partial charge in [-0.25, -0.2) is 0 Å². The zero-order valence-corrected chi connectivity index (χ0v) is 16.9. The lowest BCUT2D eigenvalue weighted by molar-refractivity contribution is 0.00730. The highest BCUT2D eigenvalue weighted by Gasteiger charge is 2.43. The molecule has 1 fully saturated rings. The smallest absolute Gasteiger partial charge is 0.0755 e. The van der Waals surface area contributed by atoms with Crippen molar-refractivity contribution in [1.29, 1.82) is 0 Å². The van der Waals surface area contributed by atoms with Crippen molar-refractivity contribution < 1.29 is 4.74 Å². The molecule has 2 unspecified atom stereocenters. The van der Waals surface area contributed by atoms with E-state index in [0.717, 1.165) is 37.6 Å². The van der Waals surface area contributed by atoms with Crippen LogP contribution in [0, 0.1) is 18.3 Å². The Bertz CT molecular complexity index is 637. The molecule has 0 N–H and O–H groups in total. The summed E-state index contributed by atoms with van der Waals surface area (Å²) in [6, 6.07) is 8.70.